The standard InChI is InChI=1S/C14H16N2O2S/c1-3-10-4-5-11(19-10)8-15-13-7-6-12(14(17)18)9(2)16-13/h4-7H,3,8H2,1-2H3,(H,15,16)(H,17,18). The van der Waals surface area contributed by atoms with Crippen LogP contribution in [0.25, 0.3) is 0 Å². The van der Waals surface area contributed by atoms with E-state index < -0.39 is 5.97 Å². The lowest BCUT2D eigenvalue weighted by atomic mass is 10.2. The van der Waals surface area contributed by atoms with Crippen molar-refractivity contribution in [2.75, 3.05) is 5.32 Å². The van der Waals surface area contributed by atoms with Crippen molar-refractivity contribution < 1.29 is 9.90 Å². The quantitative estimate of drug-likeness (QED) is 0.879. The van der Waals surface area contributed by atoms with E-state index in [0.29, 0.717) is 18.1 Å². The van der Waals surface area contributed by atoms with Crippen LogP contribution in [0.5, 0.6) is 0 Å². The van der Waals surface area contributed by atoms with Gasteiger partial charge in [0.1, 0.15) is 5.82 Å². The van der Waals surface area contributed by atoms with Crippen molar-refractivity contribution in [3.63, 3.8) is 0 Å². The van der Waals surface area contributed by atoms with Crippen LogP contribution in [-0.4, -0.2) is 16.1 Å². The maximum atomic E-state index is 10.9. The van der Waals surface area contributed by atoms with E-state index in [-0.39, 0.29) is 5.56 Å². The first-order valence-electron chi connectivity index (χ1n) is 6.12. The third-order valence-electron chi connectivity index (χ3n) is 2.83. The summed E-state index contributed by atoms with van der Waals surface area (Å²) in [7, 11) is 0. The van der Waals surface area contributed by atoms with Crippen LogP contribution in [0.15, 0.2) is 24.3 Å². The Balaban J connectivity index is 2.03. The van der Waals surface area contributed by atoms with E-state index >= 15 is 0 Å². The molecule has 100 valence electrons. The fourth-order valence-electron chi connectivity index (χ4n) is 1.77. The van der Waals surface area contributed by atoms with Gasteiger partial charge < -0.3 is 10.4 Å². The van der Waals surface area contributed by atoms with Crippen LogP contribution < -0.4 is 5.32 Å². The highest BCUT2D eigenvalue weighted by Crippen LogP contribution is 2.18. The average molecular weight is 276 g/mol. The molecule has 0 atom stereocenters. The minimum Gasteiger partial charge on any atom is -0.478 e. The molecular formula is C14H16N2O2S. The molecular weight excluding hydrogens is 260 g/mol. The van der Waals surface area contributed by atoms with Gasteiger partial charge in [-0.15, -0.1) is 11.3 Å². The summed E-state index contributed by atoms with van der Waals surface area (Å²) in [6.07, 6.45) is 1.05. The Bertz CT molecular complexity index is 593. The first kappa shape index (κ1) is 13.5. The molecule has 5 heteroatoms. The van der Waals surface area contributed by atoms with Crippen LogP contribution in [0.3, 0.4) is 0 Å². The number of hydrogen-bond acceptors (Lipinski definition) is 4. The second-order valence-electron chi connectivity index (χ2n) is 4.21. The maximum absolute atomic E-state index is 10.9. The van der Waals surface area contributed by atoms with Crippen LogP contribution in [0.4, 0.5) is 5.82 Å². The number of anilines is 1. The predicted molar refractivity (Wildman–Crippen MR) is 77.0 cm³/mol. The number of thiophene rings is 1. The minimum absolute atomic E-state index is 0.245. The molecule has 0 radical (unpaired) electrons. The van der Waals surface area contributed by atoms with E-state index in [2.05, 4.69) is 29.4 Å². The van der Waals surface area contributed by atoms with Gasteiger partial charge in [-0.25, -0.2) is 9.78 Å². The summed E-state index contributed by atoms with van der Waals surface area (Å²) in [4.78, 5) is 17.8. The van der Waals surface area contributed by atoms with Gasteiger partial charge in [0.15, 0.2) is 0 Å². The van der Waals surface area contributed by atoms with Crippen LogP contribution in [-0.2, 0) is 13.0 Å². The Morgan fingerprint density at radius 1 is 1.32 bits per heavy atom. The zero-order valence-corrected chi connectivity index (χ0v) is 11.8. The Hall–Kier alpha value is -1.88. The summed E-state index contributed by atoms with van der Waals surface area (Å²) in [5, 5.41) is 12.1. The first-order chi connectivity index (χ1) is 9.10. The number of carboxylic acid groups (broad SMARTS) is 1. The van der Waals surface area contributed by atoms with Crippen molar-refractivity contribution in [1.29, 1.82) is 0 Å². The number of rotatable bonds is 5. The van der Waals surface area contributed by atoms with Crippen molar-refractivity contribution in [2.45, 2.75) is 26.8 Å². The van der Waals surface area contributed by atoms with E-state index in [1.165, 1.54) is 9.75 Å². The molecule has 0 bridgehead atoms. The number of aryl methyl sites for hydroxylation is 2. The van der Waals surface area contributed by atoms with E-state index in [4.69, 9.17) is 5.11 Å². The SMILES string of the molecule is CCc1ccc(CNc2ccc(C(=O)O)c(C)n2)s1. The summed E-state index contributed by atoms with van der Waals surface area (Å²) in [5.74, 6) is -0.239. The second-order valence-corrected chi connectivity index (χ2v) is 5.46. The van der Waals surface area contributed by atoms with Gasteiger partial charge in [0, 0.05) is 9.75 Å². The lowest BCUT2D eigenvalue weighted by Gasteiger charge is -2.06. The molecule has 0 saturated heterocycles. The van der Waals surface area contributed by atoms with Gasteiger partial charge in [0.05, 0.1) is 17.8 Å². The maximum Gasteiger partial charge on any atom is 0.337 e. The van der Waals surface area contributed by atoms with Crippen LogP contribution >= 0.6 is 11.3 Å². The van der Waals surface area contributed by atoms with Crippen molar-refractivity contribution in [2.24, 2.45) is 0 Å². The number of carbonyl (C=O) groups is 1. The molecule has 0 unspecified atom stereocenters. The Labute approximate surface area is 116 Å². The number of pyridine rings is 1. The number of aromatic nitrogens is 1. The van der Waals surface area contributed by atoms with Crippen LogP contribution in [0.2, 0.25) is 0 Å². The normalized spacial score (nSPS) is 10.4. The number of nitrogens with zero attached hydrogens (tertiary/aromatic N) is 1. The highest BCUT2D eigenvalue weighted by atomic mass is 32.1. The van der Waals surface area contributed by atoms with Crippen molar-refractivity contribution in [3.8, 4) is 0 Å². The number of aromatic carboxylic acids is 1. The van der Waals surface area contributed by atoms with Crippen molar-refractivity contribution in [3.05, 3.63) is 45.3 Å². The molecule has 2 N–H and O–H groups in total. The zero-order chi connectivity index (χ0) is 13.8. The summed E-state index contributed by atoms with van der Waals surface area (Å²) in [6.45, 7) is 4.55. The highest BCUT2D eigenvalue weighted by Gasteiger charge is 2.08. The number of carboxylic acids is 1. The van der Waals surface area contributed by atoms with Gasteiger partial charge in [-0.05, 0) is 37.6 Å². The summed E-state index contributed by atoms with van der Waals surface area (Å²) in [6, 6.07) is 7.52. The molecule has 0 aromatic carbocycles. The molecule has 0 spiro atoms. The monoisotopic (exact) mass is 276 g/mol. The van der Waals surface area contributed by atoms with Gasteiger partial charge >= 0.3 is 5.97 Å². The molecule has 0 aliphatic heterocycles. The third-order valence-corrected chi connectivity index (χ3v) is 4.06. The van der Waals surface area contributed by atoms with Gasteiger partial charge in [-0.3, -0.25) is 0 Å². The van der Waals surface area contributed by atoms with Crippen LogP contribution in [0.1, 0.15) is 32.7 Å². The van der Waals surface area contributed by atoms with Gasteiger partial charge in [-0.1, -0.05) is 6.92 Å². The number of hydrogen-bond donors (Lipinski definition) is 2. The van der Waals surface area contributed by atoms with Gasteiger partial charge in [-0.2, -0.15) is 0 Å². The van der Waals surface area contributed by atoms with Gasteiger partial charge in [0.2, 0.25) is 0 Å². The highest BCUT2D eigenvalue weighted by molar-refractivity contribution is 7.12. The van der Waals surface area contributed by atoms with E-state index in [9.17, 15) is 4.79 Å². The molecule has 19 heavy (non-hydrogen) atoms. The fraction of sp³-hybridized carbons (Fsp3) is 0.286. The molecule has 2 aromatic rings. The van der Waals surface area contributed by atoms with Gasteiger partial charge in [0.25, 0.3) is 0 Å². The molecule has 0 aliphatic rings. The molecule has 2 heterocycles. The molecule has 0 saturated carbocycles. The molecule has 4 nitrogen and oxygen atoms in total. The molecule has 2 aromatic heterocycles. The minimum atomic E-state index is -0.942. The number of nitrogens with one attached hydrogen (secondary N) is 1. The summed E-state index contributed by atoms with van der Waals surface area (Å²) >= 11 is 1.78. The summed E-state index contributed by atoms with van der Waals surface area (Å²) in [5.41, 5.74) is 0.771. The second kappa shape index (κ2) is 5.84. The van der Waals surface area contributed by atoms with Crippen LogP contribution in [0, 0.1) is 6.92 Å². The lowest BCUT2D eigenvalue weighted by molar-refractivity contribution is 0.0695. The Morgan fingerprint density at radius 3 is 2.63 bits per heavy atom. The van der Waals surface area contributed by atoms with Crippen molar-refractivity contribution in [1.82, 2.24) is 4.98 Å². The predicted octanol–water partition coefficient (Wildman–Crippen LogP) is 3.32. The molecule has 0 aliphatic carbocycles. The van der Waals surface area contributed by atoms with E-state index in [1.807, 2.05) is 0 Å². The van der Waals surface area contributed by atoms with E-state index in [1.54, 1.807) is 30.4 Å². The lowest BCUT2D eigenvalue weighted by Crippen LogP contribution is -2.05. The molecule has 0 fully saturated rings. The van der Waals surface area contributed by atoms with E-state index in [0.717, 1.165) is 6.42 Å². The molecule has 0 amide bonds. The smallest absolute Gasteiger partial charge is 0.337 e. The average Bonchev–Trinajstić information content (AvgIpc) is 2.84. The third kappa shape index (κ3) is 3.32. The zero-order valence-electron chi connectivity index (χ0n) is 10.9. The fourth-order valence-corrected chi connectivity index (χ4v) is 2.67. The van der Waals surface area contributed by atoms with Crippen molar-refractivity contribution >= 4 is 23.1 Å². The Morgan fingerprint density at radius 2 is 2.05 bits per heavy atom. The molecule has 2 rings (SSSR count). The topological polar surface area (TPSA) is 62.2 Å². The first-order valence-corrected chi connectivity index (χ1v) is 6.94. The summed E-state index contributed by atoms with van der Waals surface area (Å²) < 4.78 is 0. The Kier molecular flexibility index (Phi) is 4.16. The largest absolute Gasteiger partial charge is 0.478 e.